The molecule has 3 nitrogen and oxygen atoms in total. The highest BCUT2D eigenvalue weighted by Crippen LogP contribution is 2.30. The zero-order valence-corrected chi connectivity index (χ0v) is 12.4. The zero-order chi connectivity index (χ0) is 13.9. The predicted octanol–water partition coefficient (Wildman–Crippen LogP) is 3.75. The second kappa shape index (κ2) is 5.77. The molecule has 3 aromatic rings. The number of rotatable bonds is 5. The van der Waals surface area contributed by atoms with Gasteiger partial charge in [-0.05, 0) is 28.8 Å². The number of imidazole rings is 1. The maximum Gasteiger partial charge on any atom is 0.110 e. The maximum atomic E-state index is 6.42. The van der Waals surface area contributed by atoms with Crippen molar-refractivity contribution in [3.8, 4) is 0 Å². The van der Waals surface area contributed by atoms with Gasteiger partial charge in [0.1, 0.15) is 5.82 Å². The van der Waals surface area contributed by atoms with Crippen LogP contribution in [0.1, 0.15) is 30.8 Å². The summed E-state index contributed by atoms with van der Waals surface area (Å²) in [6, 6.07) is 8.45. The molecule has 0 fully saturated rings. The third kappa shape index (κ3) is 2.49. The standard InChI is InChI=1S/C16H19N3S/c1-2-8-19-9-7-18-16(19)10-14(17)13-11-20-15-6-4-3-5-12(13)15/h3-7,9,11,14H,2,8,10,17H2,1H3. The molecule has 0 aliphatic rings. The van der Waals surface area contributed by atoms with Crippen molar-refractivity contribution in [2.45, 2.75) is 32.4 Å². The van der Waals surface area contributed by atoms with E-state index in [1.165, 1.54) is 15.6 Å². The Morgan fingerprint density at radius 1 is 1.35 bits per heavy atom. The summed E-state index contributed by atoms with van der Waals surface area (Å²) in [4.78, 5) is 4.45. The predicted molar refractivity (Wildman–Crippen MR) is 85.0 cm³/mol. The van der Waals surface area contributed by atoms with Gasteiger partial charge in [-0.1, -0.05) is 25.1 Å². The Bertz CT molecular complexity index is 698. The second-order valence-corrected chi connectivity index (χ2v) is 5.95. The number of aryl methyl sites for hydroxylation is 1. The summed E-state index contributed by atoms with van der Waals surface area (Å²) < 4.78 is 3.50. The number of fused-ring (bicyclic) bond motifs is 1. The lowest BCUT2D eigenvalue weighted by Gasteiger charge is -2.12. The van der Waals surface area contributed by atoms with Crippen LogP contribution in [-0.2, 0) is 13.0 Å². The van der Waals surface area contributed by atoms with Gasteiger partial charge in [0, 0.05) is 36.1 Å². The Morgan fingerprint density at radius 3 is 3.05 bits per heavy atom. The average molecular weight is 285 g/mol. The number of thiophene rings is 1. The fourth-order valence-electron chi connectivity index (χ4n) is 2.57. The topological polar surface area (TPSA) is 43.8 Å². The summed E-state index contributed by atoms with van der Waals surface area (Å²) in [6.45, 7) is 3.18. The van der Waals surface area contributed by atoms with E-state index in [9.17, 15) is 0 Å². The van der Waals surface area contributed by atoms with Gasteiger partial charge in [0.15, 0.2) is 0 Å². The van der Waals surface area contributed by atoms with E-state index in [-0.39, 0.29) is 6.04 Å². The Morgan fingerprint density at radius 2 is 2.20 bits per heavy atom. The van der Waals surface area contributed by atoms with E-state index in [1.807, 2.05) is 12.4 Å². The van der Waals surface area contributed by atoms with Crippen molar-refractivity contribution in [1.82, 2.24) is 9.55 Å². The monoisotopic (exact) mass is 285 g/mol. The van der Waals surface area contributed by atoms with Crippen molar-refractivity contribution < 1.29 is 0 Å². The number of hydrogen-bond donors (Lipinski definition) is 1. The fourth-order valence-corrected chi connectivity index (χ4v) is 3.59. The Hall–Kier alpha value is -1.65. The van der Waals surface area contributed by atoms with Gasteiger partial charge in [0.25, 0.3) is 0 Å². The molecule has 2 aromatic heterocycles. The van der Waals surface area contributed by atoms with Gasteiger partial charge in [-0.3, -0.25) is 0 Å². The number of benzene rings is 1. The van der Waals surface area contributed by atoms with E-state index in [0.29, 0.717) is 0 Å². The molecule has 2 N–H and O–H groups in total. The molecule has 2 heterocycles. The molecular formula is C16H19N3S. The van der Waals surface area contributed by atoms with Gasteiger partial charge in [-0.15, -0.1) is 11.3 Å². The van der Waals surface area contributed by atoms with Crippen molar-refractivity contribution in [1.29, 1.82) is 0 Å². The summed E-state index contributed by atoms with van der Waals surface area (Å²) in [5.41, 5.74) is 7.65. The second-order valence-electron chi connectivity index (χ2n) is 5.03. The molecule has 4 heteroatoms. The highest BCUT2D eigenvalue weighted by atomic mass is 32.1. The lowest BCUT2D eigenvalue weighted by molar-refractivity contribution is 0.601. The normalized spacial score (nSPS) is 12.9. The minimum absolute atomic E-state index is 0.00385. The van der Waals surface area contributed by atoms with Gasteiger partial charge < -0.3 is 10.3 Å². The van der Waals surface area contributed by atoms with Crippen LogP contribution >= 0.6 is 11.3 Å². The van der Waals surface area contributed by atoms with Crippen LogP contribution in [-0.4, -0.2) is 9.55 Å². The van der Waals surface area contributed by atoms with E-state index >= 15 is 0 Å². The molecule has 0 saturated heterocycles. The third-order valence-electron chi connectivity index (χ3n) is 3.58. The van der Waals surface area contributed by atoms with E-state index in [1.54, 1.807) is 11.3 Å². The SMILES string of the molecule is CCCn1ccnc1CC(N)c1csc2ccccc12. The van der Waals surface area contributed by atoms with Crippen LogP contribution in [0, 0.1) is 0 Å². The molecular weight excluding hydrogens is 266 g/mol. The summed E-state index contributed by atoms with van der Waals surface area (Å²) >= 11 is 1.76. The molecule has 1 aromatic carbocycles. The molecule has 104 valence electrons. The first kappa shape index (κ1) is 13.3. The molecule has 1 unspecified atom stereocenters. The largest absolute Gasteiger partial charge is 0.335 e. The lowest BCUT2D eigenvalue weighted by Crippen LogP contribution is -2.16. The van der Waals surface area contributed by atoms with Crippen LogP contribution in [0.25, 0.3) is 10.1 Å². The van der Waals surface area contributed by atoms with E-state index in [2.05, 4.69) is 46.1 Å². The molecule has 0 saturated carbocycles. The first-order valence-electron chi connectivity index (χ1n) is 7.01. The van der Waals surface area contributed by atoms with Crippen molar-refractivity contribution in [2.75, 3.05) is 0 Å². The van der Waals surface area contributed by atoms with Gasteiger partial charge >= 0.3 is 0 Å². The van der Waals surface area contributed by atoms with Crippen molar-refractivity contribution >= 4 is 21.4 Å². The number of nitrogens with zero attached hydrogens (tertiary/aromatic N) is 2. The third-order valence-corrected chi connectivity index (χ3v) is 4.56. The minimum Gasteiger partial charge on any atom is -0.335 e. The van der Waals surface area contributed by atoms with Crippen molar-refractivity contribution in [3.63, 3.8) is 0 Å². The van der Waals surface area contributed by atoms with Gasteiger partial charge in [-0.2, -0.15) is 0 Å². The number of aromatic nitrogens is 2. The fraction of sp³-hybridized carbons (Fsp3) is 0.312. The molecule has 1 atom stereocenters. The quantitative estimate of drug-likeness (QED) is 0.776. The van der Waals surface area contributed by atoms with Crippen LogP contribution in [0.4, 0.5) is 0 Å². The highest BCUT2D eigenvalue weighted by molar-refractivity contribution is 7.17. The van der Waals surface area contributed by atoms with Crippen LogP contribution in [0.3, 0.4) is 0 Å². The Labute approximate surface area is 123 Å². The Kier molecular flexibility index (Phi) is 3.85. The van der Waals surface area contributed by atoms with Crippen molar-refractivity contribution in [2.24, 2.45) is 5.73 Å². The average Bonchev–Trinajstić information content (AvgIpc) is 3.06. The summed E-state index contributed by atoms with van der Waals surface area (Å²) in [7, 11) is 0. The van der Waals surface area contributed by atoms with E-state index in [0.717, 1.165) is 25.2 Å². The molecule has 0 bridgehead atoms. The van der Waals surface area contributed by atoms with Gasteiger partial charge in [-0.25, -0.2) is 4.98 Å². The summed E-state index contributed by atoms with van der Waals surface area (Å²) in [5, 5.41) is 3.46. The molecule has 0 radical (unpaired) electrons. The van der Waals surface area contributed by atoms with E-state index < -0.39 is 0 Å². The first-order valence-corrected chi connectivity index (χ1v) is 7.89. The first-order chi connectivity index (χ1) is 9.79. The lowest BCUT2D eigenvalue weighted by atomic mass is 10.0. The van der Waals surface area contributed by atoms with Gasteiger partial charge in [0.05, 0.1) is 0 Å². The van der Waals surface area contributed by atoms with Crippen LogP contribution in [0.2, 0.25) is 0 Å². The maximum absolute atomic E-state index is 6.42. The molecule has 0 amide bonds. The summed E-state index contributed by atoms with van der Waals surface area (Å²) in [5.74, 6) is 1.08. The van der Waals surface area contributed by atoms with Crippen molar-refractivity contribution in [3.05, 3.63) is 53.4 Å². The number of nitrogens with two attached hydrogens (primary N) is 1. The molecule has 0 aliphatic carbocycles. The smallest absolute Gasteiger partial charge is 0.110 e. The highest BCUT2D eigenvalue weighted by Gasteiger charge is 2.14. The summed E-state index contributed by atoms with van der Waals surface area (Å²) in [6.07, 6.45) is 5.80. The minimum atomic E-state index is 0.00385. The van der Waals surface area contributed by atoms with Crippen LogP contribution in [0.5, 0.6) is 0 Å². The molecule has 3 rings (SSSR count). The van der Waals surface area contributed by atoms with E-state index in [4.69, 9.17) is 5.73 Å². The number of hydrogen-bond acceptors (Lipinski definition) is 3. The van der Waals surface area contributed by atoms with Crippen LogP contribution < -0.4 is 5.73 Å². The van der Waals surface area contributed by atoms with Crippen LogP contribution in [0.15, 0.2) is 42.0 Å². The van der Waals surface area contributed by atoms with Gasteiger partial charge in [0.2, 0.25) is 0 Å². The molecule has 0 aliphatic heterocycles. The molecule has 20 heavy (non-hydrogen) atoms. The molecule has 0 spiro atoms. The zero-order valence-electron chi connectivity index (χ0n) is 11.6. The Balaban J connectivity index is 1.85.